The number of aromatic nitrogens is 1. The number of benzene rings is 1. The van der Waals surface area contributed by atoms with Gasteiger partial charge >= 0.3 is 0 Å². The van der Waals surface area contributed by atoms with Crippen LogP contribution in [0.5, 0.6) is 0 Å². The zero-order valence-corrected chi connectivity index (χ0v) is 14.2. The number of carbonyl (C=O) groups excluding carboxylic acids is 1. The van der Waals surface area contributed by atoms with Gasteiger partial charge in [0.1, 0.15) is 0 Å². The predicted octanol–water partition coefficient (Wildman–Crippen LogP) is 3.27. The Morgan fingerprint density at radius 2 is 2.13 bits per heavy atom. The number of nitrogen functional groups attached to an aromatic ring is 1. The highest BCUT2D eigenvalue weighted by atomic mass is 32.1. The molecule has 1 aliphatic rings. The minimum absolute atomic E-state index is 0.159. The number of piperidine rings is 1. The fourth-order valence-corrected chi connectivity index (χ4v) is 3.53. The number of nitrogens with zero attached hydrogens (tertiary/aromatic N) is 2. The van der Waals surface area contributed by atoms with Crippen molar-refractivity contribution in [2.75, 3.05) is 24.1 Å². The van der Waals surface area contributed by atoms with Gasteiger partial charge in [-0.15, -0.1) is 11.3 Å². The maximum atomic E-state index is 12.4. The third-order valence-corrected chi connectivity index (χ3v) is 4.92. The second-order valence-corrected chi connectivity index (χ2v) is 6.87. The molecule has 6 heteroatoms. The highest BCUT2D eigenvalue weighted by Gasteiger charge is 2.14. The summed E-state index contributed by atoms with van der Waals surface area (Å²) in [6.45, 7) is 5.05. The summed E-state index contributed by atoms with van der Waals surface area (Å²) in [5.74, 6) is -0.159. The van der Waals surface area contributed by atoms with Crippen LogP contribution in [0, 0.1) is 6.92 Å². The van der Waals surface area contributed by atoms with E-state index in [1.165, 1.54) is 30.6 Å². The Morgan fingerprint density at radius 1 is 1.35 bits per heavy atom. The van der Waals surface area contributed by atoms with Crippen molar-refractivity contribution in [2.45, 2.75) is 32.7 Å². The van der Waals surface area contributed by atoms with Crippen LogP contribution in [0.25, 0.3) is 0 Å². The van der Waals surface area contributed by atoms with E-state index in [0.717, 1.165) is 30.9 Å². The van der Waals surface area contributed by atoms with Crippen molar-refractivity contribution in [3.8, 4) is 0 Å². The van der Waals surface area contributed by atoms with E-state index in [1.807, 2.05) is 18.4 Å². The number of anilines is 2. The van der Waals surface area contributed by atoms with E-state index in [1.54, 1.807) is 12.1 Å². The number of hydrogen-bond donors (Lipinski definition) is 2. The molecule has 0 bridgehead atoms. The van der Waals surface area contributed by atoms with E-state index in [9.17, 15) is 4.79 Å². The molecule has 1 amide bonds. The van der Waals surface area contributed by atoms with Crippen molar-refractivity contribution in [3.63, 3.8) is 0 Å². The van der Waals surface area contributed by atoms with E-state index in [0.29, 0.717) is 16.4 Å². The van der Waals surface area contributed by atoms with E-state index < -0.39 is 0 Å². The molecule has 2 aromatic rings. The van der Waals surface area contributed by atoms with E-state index in [-0.39, 0.29) is 5.91 Å². The molecular formula is C17H22N4OS. The van der Waals surface area contributed by atoms with Gasteiger partial charge in [0, 0.05) is 23.2 Å². The van der Waals surface area contributed by atoms with Crippen molar-refractivity contribution >= 4 is 28.1 Å². The predicted molar refractivity (Wildman–Crippen MR) is 94.8 cm³/mol. The first-order valence-electron chi connectivity index (χ1n) is 7.96. The second-order valence-electron chi connectivity index (χ2n) is 6.01. The van der Waals surface area contributed by atoms with Crippen LogP contribution in [0.15, 0.2) is 23.6 Å². The Balaban J connectivity index is 1.64. The number of rotatable bonds is 4. The van der Waals surface area contributed by atoms with Crippen LogP contribution in [0.4, 0.5) is 10.8 Å². The molecule has 1 aromatic carbocycles. The summed E-state index contributed by atoms with van der Waals surface area (Å²) < 4.78 is 0. The van der Waals surface area contributed by atoms with Crippen molar-refractivity contribution in [2.24, 2.45) is 0 Å². The molecule has 1 aromatic heterocycles. The molecule has 1 aliphatic heterocycles. The highest BCUT2D eigenvalue weighted by Crippen LogP contribution is 2.20. The van der Waals surface area contributed by atoms with E-state index >= 15 is 0 Å². The topological polar surface area (TPSA) is 71.2 Å². The number of likely N-dealkylation sites (tertiary alicyclic amines) is 1. The Hall–Kier alpha value is -1.92. The molecule has 0 aliphatic carbocycles. The van der Waals surface area contributed by atoms with Crippen molar-refractivity contribution in [3.05, 3.63) is 40.4 Å². The first kappa shape index (κ1) is 16.0. The number of aryl methyl sites for hydroxylation is 1. The smallest absolute Gasteiger partial charge is 0.257 e. The Kier molecular flexibility index (Phi) is 4.93. The third-order valence-electron chi connectivity index (χ3n) is 4.11. The molecule has 0 spiro atoms. The van der Waals surface area contributed by atoms with Gasteiger partial charge in [-0.05, 0) is 50.6 Å². The maximum Gasteiger partial charge on any atom is 0.257 e. The zero-order chi connectivity index (χ0) is 16.2. The minimum atomic E-state index is -0.159. The van der Waals surface area contributed by atoms with Crippen LogP contribution in [0.1, 0.15) is 40.9 Å². The maximum absolute atomic E-state index is 12.4. The monoisotopic (exact) mass is 330 g/mol. The van der Waals surface area contributed by atoms with Crippen LogP contribution >= 0.6 is 11.3 Å². The summed E-state index contributed by atoms with van der Waals surface area (Å²) in [7, 11) is 0. The average molecular weight is 330 g/mol. The zero-order valence-electron chi connectivity index (χ0n) is 13.3. The molecule has 3 rings (SSSR count). The first-order chi connectivity index (χ1) is 11.1. The molecule has 0 atom stereocenters. The van der Waals surface area contributed by atoms with Gasteiger partial charge in [0.15, 0.2) is 5.13 Å². The molecule has 23 heavy (non-hydrogen) atoms. The minimum Gasteiger partial charge on any atom is -0.399 e. The fraction of sp³-hybridized carbons (Fsp3) is 0.412. The summed E-state index contributed by atoms with van der Waals surface area (Å²) in [6, 6.07) is 5.35. The van der Waals surface area contributed by atoms with Crippen LogP contribution in [-0.4, -0.2) is 28.9 Å². The molecule has 1 saturated heterocycles. The molecular weight excluding hydrogens is 308 g/mol. The fourth-order valence-electron chi connectivity index (χ4n) is 2.83. The highest BCUT2D eigenvalue weighted by molar-refractivity contribution is 7.14. The summed E-state index contributed by atoms with van der Waals surface area (Å²) in [5, 5.41) is 5.54. The van der Waals surface area contributed by atoms with Crippen LogP contribution in [0.2, 0.25) is 0 Å². The molecule has 3 N–H and O–H groups in total. The summed E-state index contributed by atoms with van der Waals surface area (Å²) in [4.78, 5) is 19.3. The Morgan fingerprint density at radius 3 is 2.91 bits per heavy atom. The van der Waals surface area contributed by atoms with Gasteiger partial charge in [-0.1, -0.05) is 12.5 Å². The molecule has 1 fully saturated rings. The molecule has 0 unspecified atom stereocenters. The van der Waals surface area contributed by atoms with Gasteiger partial charge in [-0.25, -0.2) is 4.98 Å². The number of amides is 1. The normalized spacial score (nSPS) is 15.5. The average Bonchev–Trinajstić information content (AvgIpc) is 2.97. The van der Waals surface area contributed by atoms with Crippen LogP contribution in [-0.2, 0) is 6.54 Å². The van der Waals surface area contributed by atoms with Crippen molar-refractivity contribution in [1.82, 2.24) is 9.88 Å². The quantitative estimate of drug-likeness (QED) is 0.844. The van der Waals surface area contributed by atoms with Gasteiger partial charge in [-0.2, -0.15) is 0 Å². The van der Waals surface area contributed by atoms with Gasteiger partial charge in [0.2, 0.25) is 0 Å². The SMILES string of the molecule is Cc1ccc(N)cc1C(=O)Nc1nc(CN2CCCCC2)cs1. The van der Waals surface area contributed by atoms with Crippen molar-refractivity contribution < 1.29 is 4.79 Å². The molecule has 0 saturated carbocycles. The molecule has 122 valence electrons. The van der Waals surface area contributed by atoms with Gasteiger partial charge < -0.3 is 5.73 Å². The summed E-state index contributed by atoms with van der Waals surface area (Å²) >= 11 is 1.47. The number of nitrogens with one attached hydrogen (secondary N) is 1. The lowest BCUT2D eigenvalue weighted by molar-refractivity contribution is 0.102. The largest absolute Gasteiger partial charge is 0.399 e. The van der Waals surface area contributed by atoms with Crippen LogP contribution in [0.3, 0.4) is 0 Å². The summed E-state index contributed by atoms with van der Waals surface area (Å²) in [5.41, 5.74) is 8.88. The number of nitrogens with two attached hydrogens (primary N) is 1. The molecule has 0 radical (unpaired) electrons. The number of carbonyl (C=O) groups is 1. The lowest BCUT2D eigenvalue weighted by Gasteiger charge is -2.25. The van der Waals surface area contributed by atoms with Gasteiger partial charge in [-0.3, -0.25) is 15.0 Å². The standard InChI is InChI=1S/C17H22N4OS/c1-12-5-6-13(18)9-15(12)16(22)20-17-19-14(11-23-17)10-21-7-3-2-4-8-21/h5-6,9,11H,2-4,7-8,10,18H2,1H3,(H,19,20,22). The molecule has 5 nitrogen and oxygen atoms in total. The first-order valence-corrected chi connectivity index (χ1v) is 8.84. The van der Waals surface area contributed by atoms with E-state index in [4.69, 9.17) is 5.73 Å². The Labute approximate surface area is 140 Å². The number of thiazole rings is 1. The number of hydrogen-bond acceptors (Lipinski definition) is 5. The lowest BCUT2D eigenvalue weighted by Crippen LogP contribution is -2.29. The third kappa shape index (κ3) is 4.09. The Bertz CT molecular complexity index is 692. The van der Waals surface area contributed by atoms with Crippen molar-refractivity contribution in [1.29, 1.82) is 0 Å². The second kappa shape index (κ2) is 7.10. The van der Waals surface area contributed by atoms with E-state index in [2.05, 4.69) is 15.2 Å². The van der Waals surface area contributed by atoms with Crippen LogP contribution < -0.4 is 11.1 Å². The summed E-state index contributed by atoms with van der Waals surface area (Å²) in [6.07, 6.45) is 3.86. The lowest BCUT2D eigenvalue weighted by atomic mass is 10.1. The molecule has 2 heterocycles. The van der Waals surface area contributed by atoms with Gasteiger partial charge in [0.25, 0.3) is 5.91 Å². The van der Waals surface area contributed by atoms with Gasteiger partial charge in [0.05, 0.1) is 5.69 Å².